The number of anilines is 2. The van der Waals surface area contributed by atoms with Crippen molar-refractivity contribution >= 4 is 23.3 Å². The van der Waals surface area contributed by atoms with E-state index in [2.05, 4.69) is 16.0 Å². The summed E-state index contributed by atoms with van der Waals surface area (Å²) in [6, 6.07) is 12.7. The van der Waals surface area contributed by atoms with Gasteiger partial charge in [-0.05, 0) is 74.2 Å². The van der Waals surface area contributed by atoms with E-state index in [0.717, 1.165) is 24.1 Å². The smallest absolute Gasteiger partial charge is 0.323 e. The number of rotatable bonds is 4. The minimum absolute atomic E-state index is 0.0527. The summed E-state index contributed by atoms with van der Waals surface area (Å²) < 4.78 is 0. The maximum Gasteiger partial charge on any atom is 0.323 e. The Morgan fingerprint density at radius 1 is 0.846 bits per heavy atom. The van der Waals surface area contributed by atoms with E-state index < -0.39 is 0 Å². The number of urea groups is 1. The zero-order valence-corrected chi connectivity index (χ0v) is 15.3. The van der Waals surface area contributed by atoms with Gasteiger partial charge in [-0.2, -0.15) is 0 Å². The van der Waals surface area contributed by atoms with E-state index >= 15 is 0 Å². The highest BCUT2D eigenvalue weighted by atomic mass is 16.2. The molecule has 5 nitrogen and oxygen atoms in total. The highest BCUT2D eigenvalue weighted by molar-refractivity contribution is 6.00. The van der Waals surface area contributed by atoms with Crippen LogP contribution in [0.4, 0.5) is 16.2 Å². The zero-order chi connectivity index (χ0) is 18.5. The minimum atomic E-state index is -0.309. The molecule has 1 fully saturated rings. The molecule has 3 rings (SSSR count). The number of carbonyl (C=O) groups excluding carboxylic acids is 2. The van der Waals surface area contributed by atoms with Crippen molar-refractivity contribution < 1.29 is 9.59 Å². The first-order valence-electron chi connectivity index (χ1n) is 9.07. The second-order valence-electron chi connectivity index (χ2n) is 6.91. The molecule has 2 aromatic rings. The summed E-state index contributed by atoms with van der Waals surface area (Å²) in [6.07, 6.45) is 4.49. The molecule has 0 radical (unpaired) electrons. The number of hydrogen-bond acceptors (Lipinski definition) is 2. The molecule has 1 saturated carbocycles. The summed E-state index contributed by atoms with van der Waals surface area (Å²) in [7, 11) is 0. The van der Waals surface area contributed by atoms with Gasteiger partial charge >= 0.3 is 6.03 Å². The van der Waals surface area contributed by atoms with Gasteiger partial charge in [0.05, 0.1) is 0 Å². The van der Waals surface area contributed by atoms with Crippen LogP contribution < -0.4 is 16.0 Å². The number of aryl methyl sites for hydroxylation is 2. The molecule has 0 bridgehead atoms. The molecule has 0 aromatic heterocycles. The Hall–Kier alpha value is -2.82. The van der Waals surface area contributed by atoms with Crippen LogP contribution in [0.15, 0.2) is 42.5 Å². The molecule has 0 aliphatic heterocycles. The van der Waals surface area contributed by atoms with Gasteiger partial charge in [-0.25, -0.2) is 4.79 Å². The average Bonchev–Trinajstić information content (AvgIpc) is 3.11. The van der Waals surface area contributed by atoms with Crippen LogP contribution in [0.2, 0.25) is 0 Å². The van der Waals surface area contributed by atoms with Crippen LogP contribution in [0.5, 0.6) is 0 Å². The third-order valence-corrected chi connectivity index (χ3v) is 4.86. The highest BCUT2D eigenvalue weighted by Gasteiger charge is 2.17. The van der Waals surface area contributed by atoms with Gasteiger partial charge in [-0.3, -0.25) is 4.79 Å². The summed E-state index contributed by atoms with van der Waals surface area (Å²) in [5.74, 6) is -0.0527. The van der Waals surface area contributed by atoms with Crippen LogP contribution in [0.1, 0.15) is 47.2 Å². The standard InChI is InChI=1S/C21H25N3O2/c1-14-7-10-19(13-15(14)2)24-21(26)23-18-11-8-16(9-12-18)20(25)22-17-5-3-4-6-17/h7-13,17H,3-6H2,1-2H3,(H,22,25)(H2,23,24,26). The van der Waals surface area contributed by atoms with Gasteiger partial charge in [-0.1, -0.05) is 18.9 Å². The second kappa shape index (κ2) is 8.04. The molecule has 5 heteroatoms. The van der Waals surface area contributed by atoms with E-state index in [-0.39, 0.29) is 11.9 Å². The quantitative estimate of drug-likeness (QED) is 0.752. The molecule has 2 aromatic carbocycles. The number of carbonyl (C=O) groups is 2. The van der Waals surface area contributed by atoms with Crippen LogP contribution in [0, 0.1) is 13.8 Å². The summed E-state index contributed by atoms with van der Waals surface area (Å²) in [5.41, 5.74) is 4.31. The fraction of sp³-hybridized carbons (Fsp3) is 0.333. The summed E-state index contributed by atoms with van der Waals surface area (Å²) in [6.45, 7) is 4.04. The molecular weight excluding hydrogens is 326 g/mol. The Morgan fingerprint density at radius 3 is 2.12 bits per heavy atom. The second-order valence-corrected chi connectivity index (χ2v) is 6.91. The number of benzene rings is 2. The lowest BCUT2D eigenvalue weighted by molar-refractivity contribution is 0.0938. The van der Waals surface area contributed by atoms with Gasteiger partial charge in [-0.15, -0.1) is 0 Å². The van der Waals surface area contributed by atoms with Crippen molar-refractivity contribution in [1.82, 2.24) is 5.32 Å². The van der Waals surface area contributed by atoms with Crippen molar-refractivity contribution in [2.75, 3.05) is 10.6 Å². The van der Waals surface area contributed by atoms with Crippen LogP contribution in [0.3, 0.4) is 0 Å². The van der Waals surface area contributed by atoms with Crippen molar-refractivity contribution in [2.24, 2.45) is 0 Å². The monoisotopic (exact) mass is 351 g/mol. The van der Waals surface area contributed by atoms with Crippen LogP contribution in [-0.2, 0) is 0 Å². The van der Waals surface area contributed by atoms with E-state index in [1.807, 2.05) is 32.0 Å². The maximum atomic E-state index is 12.2. The Morgan fingerprint density at radius 2 is 1.46 bits per heavy atom. The van der Waals surface area contributed by atoms with E-state index in [4.69, 9.17) is 0 Å². The van der Waals surface area contributed by atoms with Crippen molar-refractivity contribution in [3.8, 4) is 0 Å². The maximum absolute atomic E-state index is 12.2. The summed E-state index contributed by atoms with van der Waals surface area (Å²) in [4.78, 5) is 24.3. The third kappa shape index (κ3) is 4.63. The number of nitrogens with one attached hydrogen (secondary N) is 3. The lowest BCUT2D eigenvalue weighted by Gasteiger charge is -2.12. The van der Waals surface area contributed by atoms with Crippen LogP contribution in [0.25, 0.3) is 0 Å². The first kappa shape index (κ1) is 18.0. The molecule has 0 heterocycles. The third-order valence-electron chi connectivity index (χ3n) is 4.86. The normalized spacial score (nSPS) is 14.1. The SMILES string of the molecule is Cc1ccc(NC(=O)Nc2ccc(C(=O)NC3CCCC3)cc2)cc1C. The van der Waals surface area contributed by atoms with E-state index in [0.29, 0.717) is 17.3 Å². The largest absolute Gasteiger partial charge is 0.349 e. The van der Waals surface area contributed by atoms with Gasteiger partial charge in [0, 0.05) is 23.0 Å². The Balaban J connectivity index is 1.55. The molecule has 3 N–H and O–H groups in total. The zero-order valence-electron chi connectivity index (χ0n) is 15.3. The van der Waals surface area contributed by atoms with Crippen molar-refractivity contribution in [2.45, 2.75) is 45.6 Å². The number of amides is 3. The predicted molar refractivity (Wildman–Crippen MR) is 105 cm³/mol. The summed E-state index contributed by atoms with van der Waals surface area (Å²) >= 11 is 0. The van der Waals surface area contributed by atoms with Gasteiger partial charge in [0.25, 0.3) is 5.91 Å². The lowest BCUT2D eigenvalue weighted by atomic mass is 10.1. The lowest BCUT2D eigenvalue weighted by Crippen LogP contribution is -2.32. The van der Waals surface area contributed by atoms with E-state index in [1.54, 1.807) is 24.3 Å². The van der Waals surface area contributed by atoms with Gasteiger partial charge < -0.3 is 16.0 Å². The number of hydrogen-bond donors (Lipinski definition) is 3. The predicted octanol–water partition coefficient (Wildman–Crippen LogP) is 4.62. The van der Waals surface area contributed by atoms with Crippen LogP contribution in [-0.4, -0.2) is 18.0 Å². The molecule has 26 heavy (non-hydrogen) atoms. The van der Waals surface area contributed by atoms with E-state index in [1.165, 1.54) is 18.4 Å². The fourth-order valence-corrected chi connectivity index (χ4v) is 3.16. The van der Waals surface area contributed by atoms with Crippen molar-refractivity contribution in [3.63, 3.8) is 0 Å². The van der Waals surface area contributed by atoms with Gasteiger partial charge in [0.2, 0.25) is 0 Å². The van der Waals surface area contributed by atoms with Gasteiger partial charge in [0.15, 0.2) is 0 Å². The van der Waals surface area contributed by atoms with Crippen molar-refractivity contribution in [1.29, 1.82) is 0 Å². The molecular formula is C21H25N3O2. The Labute approximate surface area is 154 Å². The molecule has 3 amide bonds. The first-order chi connectivity index (χ1) is 12.5. The minimum Gasteiger partial charge on any atom is -0.349 e. The average molecular weight is 351 g/mol. The topological polar surface area (TPSA) is 70.2 Å². The summed E-state index contributed by atoms with van der Waals surface area (Å²) in [5, 5.41) is 8.66. The molecule has 136 valence electrons. The Kier molecular flexibility index (Phi) is 5.56. The molecule has 1 aliphatic rings. The van der Waals surface area contributed by atoms with Gasteiger partial charge in [0.1, 0.15) is 0 Å². The molecule has 0 saturated heterocycles. The fourth-order valence-electron chi connectivity index (χ4n) is 3.16. The highest BCUT2D eigenvalue weighted by Crippen LogP contribution is 2.19. The molecule has 0 unspecified atom stereocenters. The molecule has 0 atom stereocenters. The van der Waals surface area contributed by atoms with E-state index in [9.17, 15) is 9.59 Å². The van der Waals surface area contributed by atoms with Crippen molar-refractivity contribution in [3.05, 3.63) is 59.2 Å². The first-order valence-corrected chi connectivity index (χ1v) is 9.07. The molecule has 1 aliphatic carbocycles. The molecule has 0 spiro atoms. The van der Waals surface area contributed by atoms with Crippen LogP contribution >= 0.6 is 0 Å². The Bertz CT molecular complexity index is 793.